The van der Waals surface area contributed by atoms with Crippen molar-refractivity contribution >= 4 is 9.68 Å². The average molecular weight is 300 g/mol. The minimum Gasteiger partial charge on any atom is -0.324 e. The Hall–Kier alpha value is 0.0969. The van der Waals surface area contributed by atoms with E-state index < -0.39 is 0 Å². The summed E-state index contributed by atoms with van der Waals surface area (Å²) >= 11 is 0. The van der Waals surface area contributed by atoms with E-state index >= 15 is 0 Å². The zero-order chi connectivity index (χ0) is 15.2. The zero-order valence-electron chi connectivity index (χ0n) is 14.6. The largest absolute Gasteiger partial charge is 0.324 e. The van der Waals surface area contributed by atoms with Crippen molar-refractivity contribution in [2.45, 2.75) is 84.0 Å². The molecule has 3 N–H and O–H groups in total. The lowest BCUT2D eigenvalue weighted by Gasteiger charge is -2.48. The van der Waals surface area contributed by atoms with Crippen molar-refractivity contribution in [1.82, 2.24) is 15.6 Å². The van der Waals surface area contributed by atoms with E-state index in [1.165, 1.54) is 25.7 Å². The van der Waals surface area contributed by atoms with E-state index in [9.17, 15) is 0 Å². The normalized spacial score (nSPS) is 28.6. The van der Waals surface area contributed by atoms with Crippen molar-refractivity contribution in [2.24, 2.45) is 5.92 Å². The van der Waals surface area contributed by atoms with Crippen LogP contribution in [0.1, 0.15) is 67.2 Å². The van der Waals surface area contributed by atoms with Crippen LogP contribution in [0.25, 0.3) is 0 Å². The molecule has 0 aromatic rings. The summed E-state index contributed by atoms with van der Waals surface area (Å²) in [6.07, 6.45) is 5.27. The van der Waals surface area contributed by atoms with Crippen LogP contribution < -0.4 is 15.6 Å². The molecule has 20 heavy (non-hydrogen) atoms. The summed E-state index contributed by atoms with van der Waals surface area (Å²) in [5, 5.41) is 8.00. The summed E-state index contributed by atoms with van der Waals surface area (Å²) in [4.78, 5) is 4.06. The van der Waals surface area contributed by atoms with Crippen LogP contribution in [0, 0.1) is 5.92 Å². The van der Waals surface area contributed by atoms with Crippen molar-refractivity contribution in [3.8, 4) is 0 Å². The van der Waals surface area contributed by atoms with Crippen molar-refractivity contribution < 1.29 is 0 Å². The molecule has 2 unspecified atom stereocenters. The quantitative estimate of drug-likeness (QED) is 0.476. The monoisotopic (exact) mass is 299 g/mol. The van der Waals surface area contributed by atoms with Gasteiger partial charge in [0.05, 0.1) is 15.3 Å². The van der Waals surface area contributed by atoms with E-state index in [0.29, 0.717) is 11.1 Å². The summed E-state index contributed by atoms with van der Waals surface area (Å²) in [6.45, 7) is 16.1. The van der Waals surface area contributed by atoms with E-state index in [-0.39, 0.29) is 15.3 Å². The summed E-state index contributed by atoms with van der Waals surface area (Å²) in [5.41, 5.74) is 0.140. The highest BCUT2D eigenvalue weighted by Gasteiger charge is 2.40. The molecule has 0 heterocycles. The molecule has 0 radical (unpaired) electrons. The molecule has 0 amide bonds. The van der Waals surface area contributed by atoms with Crippen molar-refractivity contribution in [3.63, 3.8) is 0 Å². The molecule has 4 heteroatoms. The maximum atomic E-state index is 4.06. The molecule has 3 nitrogen and oxygen atoms in total. The van der Waals surface area contributed by atoms with Crippen LogP contribution >= 0.6 is 0 Å². The van der Waals surface area contributed by atoms with Gasteiger partial charge in [0.2, 0.25) is 0 Å². The number of nitrogens with one attached hydrogen (secondary N) is 3. The predicted octanol–water partition coefficient (Wildman–Crippen LogP) is 2.37. The Bertz CT molecular complexity index is 275. The molecule has 0 saturated heterocycles. The number of hydrogen-bond donors (Lipinski definition) is 3. The van der Waals surface area contributed by atoms with Crippen LogP contribution in [0.5, 0.6) is 0 Å². The second kappa shape index (κ2) is 7.92. The van der Waals surface area contributed by atoms with Crippen LogP contribution in [-0.2, 0) is 0 Å². The third-order valence-electron chi connectivity index (χ3n) is 5.27. The Morgan fingerprint density at radius 3 is 2.45 bits per heavy atom. The highest BCUT2D eigenvalue weighted by molar-refractivity contribution is 6.37. The lowest BCUT2D eigenvalue weighted by atomic mass is 9.84. The predicted molar refractivity (Wildman–Crippen MR) is 92.9 cm³/mol. The van der Waals surface area contributed by atoms with E-state index in [1.54, 1.807) is 0 Å². The van der Waals surface area contributed by atoms with Gasteiger partial charge < -0.3 is 10.3 Å². The molecule has 1 aliphatic rings. The first-order valence-electron chi connectivity index (χ1n) is 8.61. The molecule has 1 saturated carbocycles. The van der Waals surface area contributed by atoms with Crippen LogP contribution in [-0.4, -0.2) is 34.5 Å². The number of hydrogen-bond acceptors (Lipinski definition) is 3. The Balaban J connectivity index is 2.78. The number of likely N-dealkylation sites (N-methyl/N-ethyl adjacent to an activating group) is 2. The van der Waals surface area contributed by atoms with Gasteiger partial charge in [-0.1, -0.05) is 54.4 Å². The Morgan fingerprint density at radius 1 is 1.20 bits per heavy atom. The van der Waals surface area contributed by atoms with Crippen LogP contribution in [0.2, 0.25) is 5.04 Å². The molecule has 0 aliphatic heterocycles. The molecule has 1 aliphatic carbocycles. The molecule has 0 bridgehead atoms. The lowest BCUT2D eigenvalue weighted by Crippen LogP contribution is -2.70. The van der Waals surface area contributed by atoms with Gasteiger partial charge in [0.25, 0.3) is 0 Å². The standard InChI is InChI=1S/C16H37N3Si/c1-7-17-14-11-9-10-12-16(14,18-8-2)19-20-15(5,6)13(3)4/h13-14,17-19H,7-12,20H2,1-6H3. The minimum atomic E-state index is -0.331. The molecular formula is C16H37N3Si. The first-order chi connectivity index (χ1) is 9.38. The molecule has 0 aromatic heterocycles. The summed E-state index contributed by atoms with van der Waals surface area (Å²) in [6, 6.07) is 0.580. The van der Waals surface area contributed by atoms with Gasteiger partial charge in [0, 0.05) is 6.04 Å². The first-order valence-corrected chi connectivity index (χ1v) is 10.0. The Kier molecular flexibility index (Phi) is 7.19. The topological polar surface area (TPSA) is 36.1 Å². The van der Waals surface area contributed by atoms with Crippen LogP contribution in [0.15, 0.2) is 0 Å². The van der Waals surface area contributed by atoms with E-state index in [2.05, 4.69) is 57.2 Å². The van der Waals surface area contributed by atoms with Gasteiger partial charge in [0.15, 0.2) is 0 Å². The third-order valence-corrected chi connectivity index (χ3v) is 7.81. The van der Waals surface area contributed by atoms with E-state index in [1.807, 2.05) is 0 Å². The maximum absolute atomic E-state index is 4.06. The Labute approximate surface area is 129 Å². The molecule has 1 rings (SSSR count). The van der Waals surface area contributed by atoms with Crippen LogP contribution in [0.3, 0.4) is 0 Å². The van der Waals surface area contributed by atoms with Gasteiger partial charge in [-0.2, -0.15) is 0 Å². The molecular weight excluding hydrogens is 262 g/mol. The first kappa shape index (κ1) is 18.1. The zero-order valence-corrected chi connectivity index (χ0v) is 16.0. The summed E-state index contributed by atoms with van der Waals surface area (Å²) in [5.74, 6) is 0.751. The molecule has 2 atom stereocenters. The fourth-order valence-electron chi connectivity index (χ4n) is 3.09. The van der Waals surface area contributed by atoms with Crippen LogP contribution in [0.4, 0.5) is 0 Å². The molecule has 0 aromatic carbocycles. The molecule has 0 spiro atoms. The van der Waals surface area contributed by atoms with Gasteiger partial charge in [-0.05, 0) is 36.9 Å². The van der Waals surface area contributed by atoms with Crippen molar-refractivity contribution in [1.29, 1.82) is 0 Å². The highest BCUT2D eigenvalue weighted by Crippen LogP contribution is 2.34. The fourth-order valence-corrected chi connectivity index (χ4v) is 4.81. The van der Waals surface area contributed by atoms with Gasteiger partial charge in [-0.15, -0.1) is 0 Å². The summed E-state index contributed by atoms with van der Waals surface area (Å²) in [7, 11) is -0.331. The second-order valence-electron chi connectivity index (χ2n) is 7.35. The van der Waals surface area contributed by atoms with Crippen molar-refractivity contribution in [3.05, 3.63) is 0 Å². The van der Waals surface area contributed by atoms with Crippen molar-refractivity contribution in [2.75, 3.05) is 13.1 Å². The maximum Gasteiger partial charge on any atom is 0.0996 e. The second-order valence-corrected chi connectivity index (χ2v) is 9.88. The van der Waals surface area contributed by atoms with Gasteiger partial charge >= 0.3 is 0 Å². The molecule has 120 valence electrons. The van der Waals surface area contributed by atoms with Gasteiger partial charge in [-0.3, -0.25) is 5.32 Å². The SMILES string of the molecule is CCNC1CCCCC1(NCC)N[SiH2]C(C)(C)C(C)C. The average Bonchev–Trinajstić information content (AvgIpc) is 2.40. The molecule has 1 fully saturated rings. The Morgan fingerprint density at radius 2 is 1.90 bits per heavy atom. The summed E-state index contributed by atoms with van der Waals surface area (Å²) < 4.78 is 0. The van der Waals surface area contributed by atoms with Gasteiger partial charge in [-0.25, -0.2) is 0 Å². The van der Waals surface area contributed by atoms with Gasteiger partial charge in [0.1, 0.15) is 0 Å². The van der Waals surface area contributed by atoms with E-state index in [0.717, 1.165) is 19.0 Å². The van der Waals surface area contributed by atoms with E-state index in [4.69, 9.17) is 0 Å². The smallest absolute Gasteiger partial charge is 0.0996 e. The lowest BCUT2D eigenvalue weighted by molar-refractivity contribution is 0.156. The third kappa shape index (κ3) is 4.55. The minimum absolute atomic E-state index is 0.140. The number of rotatable bonds is 8. The fraction of sp³-hybridized carbons (Fsp3) is 1.00. The highest BCUT2D eigenvalue weighted by atomic mass is 28.2.